The van der Waals surface area contributed by atoms with Crippen molar-refractivity contribution in [2.45, 2.75) is 20.3 Å². The summed E-state index contributed by atoms with van der Waals surface area (Å²) in [5, 5.41) is 5.40. The topological polar surface area (TPSA) is 78.5 Å². The lowest BCUT2D eigenvalue weighted by atomic mass is 10.0. The molecular weight excluding hydrogens is 414 g/mol. The highest BCUT2D eigenvalue weighted by Gasteiger charge is 2.11. The minimum atomic E-state index is -0.323. The lowest BCUT2D eigenvalue weighted by Crippen LogP contribution is -2.32. The number of hydrogen-bond donors (Lipinski definition) is 2. The molecule has 3 aromatic carbocycles. The number of amides is 3. The van der Waals surface area contributed by atoms with E-state index in [9.17, 15) is 14.4 Å². The van der Waals surface area contributed by atoms with Crippen LogP contribution in [0.4, 0.5) is 5.69 Å². The van der Waals surface area contributed by atoms with Crippen LogP contribution in [0, 0.1) is 0 Å². The van der Waals surface area contributed by atoms with Crippen LogP contribution in [0.3, 0.4) is 0 Å². The second-order valence-electron chi connectivity index (χ2n) is 7.61. The number of likely N-dealkylation sites (N-methyl/N-ethyl adjacent to an activating group) is 1. The fourth-order valence-electron chi connectivity index (χ4n) is 3.48. The van der Waals surface area contributed by atoms with E-state index in [-0.39, 0.29) is 24.3 Å². The Morgan fingerprint density at radius 3 is 1.97 bits per heavy atom. The van der Waals surface area contributed by atoms with E-state index in [1.807, 2.05) is 68.4 Å². The fraction of sp³-hybridized carbons (Fsp3) is 0.222. The molecule has 2 N–H and O–H groups in total. The summed E-state index contributed by atoms with van der Waals surface area (Å²) in [4.78, 5) is 38.6. The van der Waals surface area contributed by atoms with Crippen molar-refractivity contribution < 1.29 is 14.4 Å². The highest BCUT2D eigenvalue weighted by molar-refractivity contribution is 5.99. The number of carbonyl (C=O) groups excluding carboxylic acids is 3. The molecule has 0 unspecified atom stereocenters. The minimum absolute atomic E-state index is 0.0799. The van der Waals surface area contributed by atoms with Gasteiger partial charge in [0.05, 0.1) is 13.0 Å². The molecule has 0 bridgehead atoms. The van der Waals surface area contributed by atoms with Gasteiger partial charge in [0.2, 0.25) is 11.8 Å². The van der Waals surface area contributed by atoms with E-state index in [1.165, 1.54) is 0 Å². The number of anilines is 1. The van der Waals surface area contributed by atoms with Gasteiger partial charge in [0, 0.05) is 24.3 Å². The molecule has 0 saturated heterocycles. The van der Waals surface area contributed by atoms with Crippen molar-refractivity contribution in [1.82, 2.24) is 10.2 Å². The standard InChI is InChI=1S/C27H29N3O3/c1-3-30(4-2)26(32)18-20-10-16-24(17-11-20)29-25(31)19-28-27(33)23-14-12-22(13-15-23)21-8-6-5-7-9-21/h5-17H,3-4,18-19H2,1-2H3,(H,28,33)(H,29,31). The second-order valence-corrected chi connectivity index (χ2v) is 7.61. The van der Waals surface area contributed by atoms with Crippen molar-refractivity contribution in [1.29, 1.82) is 0 Å². The zero-order valence-electron chi connectivity index (χ0n) is 19.0. The summed E-state index contributed by atoms with van der Waals surface area (Å²) >= 11 is 0. The quantitative estimate of drug-likeness (QED) is 0.522. The van der Waals surface area contributed by atoms with Crippen LogP contribution in [-0.4, -0.2) is 42.3 Å². The highest BCUT2D eigenvalue weighted by Crippen LogP contribution is 2.19. The van der Waals surface area contributed by atoms with Gasteiger partial charge in [-0.05, 0) is 54.8 Å². The molecule has 6 heteroatoms. The summed E-state index contributed by atoms with van der Waals surface area (Å²) in [5.41, 5.74) is 4.08. The molecular formula is C27H29N3O3. The monoisotopic (exact) mass is 443 g/mol. The molecule has 0 saturated carbocycles. The average molecular weight is 444 g/mol. The molecule has 0 radical (unpaired) electrons. The van der Waals surface area contributed by atoms with E-state index in [1.54, 1.807) is 29.2 Å². The summed E-state index contributed by atoms with van der Waals surface area (Å²) in [6, 6.07) is 24.3. The van der Waals surface area contributed by atoms with Gasteiger partial charge in [0.15, 0.2) is 0 Å². The summed E-state index contributed by atoms with van der Waals surface area (Å²) < 4.78 is 0. The van der Waals surface area contributed by atoms with Crippen LogP contribution in [-0.2, 0) is 16.0 Å². The second kappa shape index (κ2) is 11.6. The van der Waals surface area contributed by atoms with E-state index < -0.39 is 0 Å². The van der Waals surface area contributed by atoms with Gasteiger partial charge < -0.3 is 15.5 Å². The van der Waals surface area contributed by atoms with Gasteiger partial charge in [0.25, 0.3) is 5.91 Å². The third kappa shape index (κ3) is 6.77. The van der Waals surface area contributed by atoms with Crippen LogP contribution < -0.4 is 10.6 Å². The lowest BCUT2D eigenvalue weighted by Gasteiger charge is -2.18. The maximum Gasteiger partial charge on any atom is 0.251 e. The molecule has 0 fully saturated rings. The Morgan fingerprint density at radius 2 is 1.36 bits per heavy atom. The van der Waals surface area contributed by atoms with Crippen LogP contribution in [0.2, 0.25) is 0 Å². The third-order valence-electron chi connectivity index (χ3n) is 5.37. The maximum absolute atomic E-state index is 12.4. The zero-order valence-corrected chi connectivity index (χ0v) is 19.0. The predicted molar refractivity (Wildman–Crippen MR) is 131 cm³/mol. The van der Waals surface area contributed by atoms with Crippen LogP contribution in [0.25, 0.3) is 11.1 Å². The number of rotatable bonds is 9. The van der Waals surface area contributed by atoms with E-state index in [0.29, 0.717) is 30.8 Å². The van der Waals surface area contributed by atoms with Crippen LogP contribution in [0.15, 0.2) is 78.9 Å². The number of nitrogens with zero attached hydrogens (tertiary/aromatic N) is 1. The first-order valence-corrected chi connectivity index (χ1v) is 11.1. The van der Waals surface area contributed by atoms with E-state index in [4.69, 9.17) is 0 Å². The first-order chi connectivity index (χ1) is 16.0. The third-order valence-corrected chi connectivity index (χ3v) is 5.37. The zero-order chi connectivity index (χ0) is 23.6. The number of hydrogen-bond acceptors (Lipinski definition) is 3. The van der Waals surface area contributed by atoms with Gasteiger partial charge in [0.1, 0.15) is 0 Å². The normalized spacial score (nSPS) is 10.4. The Kier molecular flexibility index (Phi) is 8.36. The first-order valence-electron chi connectivity index (χ1n) is 11.1. The fourth-order valence-corrected chi connectivity index (χ4v) is 3.48. The van der Waals surface area contributed by atoms with Gasteiger partial charge in [-0.15, -0.1) is 0 Å². The van der Waals surface area contributed by atoms with Crippen molar-refractivity contribution in [3.05, 3.63) is 90.0 Å². The summed E-state index contributed by atoms with van der Waals surface area (Å²) in [6.07, 6.45) is 0.328. The molecule has 0 heterocycles. The van der Waals surface area contributed by atoms with Gasteiger partial charge in [-0.2, -0.15) is 0 Å². The van der Waals surface area contributed by atoms with E-state index >= 15 is 0 Å². The Labute approximate surface area is 194 Å². The van der Waals surface area contributed by atoms with Crippen molar-refractivity contribution in [3.8, 4) is 11.1 Å². The minimum Gasteiger partial charge on any atom is -0.343 e. The molecule has 0 spiro atoms. The lowest BCUT2D eigenvalue weighted by molar-refractivity contribution is -0.130. The number of nitrogens with one attached hydrogen (secondary N) is 2. The molecule has 3 aromatic rings. The van der Waals surface area contributed by atoms with Crippen molar-refractivity contribution in [2.24, 2.45) is 0 Å². The first kappa shape index (κ1) is 23.7. The molecule has 0 atom stereocenters. The van der Waals surface area contributed by atoms with Crippen molar-refractivity contribution in [2.75, 3.05) is 25.0 Å². The molecule has 0 aromatic heterocycles. The Balaban J connectivity index is 1.48. The molecule has 3 amide bonds. The molecule has 0 aliphatic heterocycles. The average Bonchev–Trinajstić information content (AvgIpc) is 2.85. The molecule has 6 nitrogen and oxygen atoms in total. The summed E-state index contributed by atoms with van der Waals surface area (Å²) in [7, 11) is 0. The van der Waals surface area contributed by atoms with Crippen LogP contribution >= 0.6 is 0 Å². The largest absolute Gasteiger partial charge is 0.343 e. The predicted octanol–water partition coefficient (Wildman–Crippen LogP) is 4.13. The Bertz CT molecular complexity index is 1070. The van der Waals surface area contributed by atoms with Gasteiger partial charge in [-0.25, -0.2) is 0 Å². The number of carbonyl (C=O) groups is 3. The molecule has 0 aliphatic rings. The summed E-state index contributed by atoms with van der Waals surface area (Å²) in [5.74, 6) is -0.553. The van der Waals surface area contributed by atoms with E-state index in [2.05, 4.69) is 10.6 Å². The van der Waals surface area contributed by atoms with Crippen LogP contribution in [0.1, 0.15) is 29.8 Å². The van der Waals surface area contributed by atoms with E-state index in [0.717, 1.165) is 16.7 Å². The van der Waals surface area contributed by atoms with Crippen molar-refractivity contribution >= 4 is 23.4 Å². The SMILES string of the molecule is CCN(CC)C(=O)Cc1ccc(NC(=O)CNC(=O)c2ccc(-c3ccccc3)cc2)cc1. The molecule has 170 valence electrons. The van der Waals surface area contributed by atoms with Crippen molar-refractivity contribution in [3.63, 3.8) is 0 Å². The maximum atomic E-state index is 12.4. The Morgan fingerprint density at radius 1 is 0.758 bits per heavy atom. The van der Waals surface area contributed by atoms with Gasteiger partial charge in [-0.1, -0.05) is 54.6 Å². The number of benzene rings is 3. The van der Waals surface area contributed by atoms with Crippen LogP contribution in [0.5, 0.6) is 0 Å². The molecule has 33 heavy (non-hydrogen) atoms. The van der Waals surface area contributed by atoms with Gasteiger partial charge >= 0.3 is 0 Å². The highest BCUT2D eigenvalue weighted by atomic mass is 16.2. The molecule has 0 aliphatic carbocycles. The smallest absolute Gasteiger partial charge is 0.251 e. The Hall–Kier alpha value is -3.93. The molecule has 3 rings (SSSR count). The van der Waals surface area contributed by atoms with Gasteiger partial charge in [-0.3, -0.25) is 14.4 Å². The summed E-state index contributed by atoms with van der Waals surface area (Å²) in [6.45, 7) is 5.15.